The highest BCUT2D eigenvalue weighted by molar-refractivity contribution is 5.93. The lowest BCUT2D eigenvalue weighted by Crippen LogP contribution is -2.49. The van der Waals surface area contributed by atoms with Crippen LogP contribution in [0.4, 0.5) is 0 Å². The van der Waals surface area contributed by atoms with Crippen LogP contribution in [0.3, 0.4) is 0 Å². The molecular formula is C18H19NO4. The minimum atomic E-state index is -0.500. The largest absolute Gasteiger partial charge is 0.451 e. The molecule has 1 saturated heterocycles. The smallest absolute Gasteiger partial charge is 0.292 e. The van der Waals surface area contributed by atoms with E-state index in [1.165, 1.54) is 12.5 Å². The van der Waals surface area contributed by atoms with Gasteiger partial charge in [0.25, 0.3) is 5.91 Å². The molecule has 1 aromatic carbocycles. The lowest BCUT2D eigenvalue weighted by atomic mass is 9.90. The second kappa shape index (κ2) is 5.49. The van der Waals surface area contributed by atoms with Gasteiger partial charge in [-0.3, -0.25) is 9.59 Å². The molecule has 1 aliphatic heterocycles. The maximum atomic E-state index is 12.9. The van der Waals surface area contributed by atoms with Gasteiger partial charge in [-0.1, -0.05) is 18.6 Å². The van der Waals surface area contributed by atoms with E-state index in [1.54, 1.807) is 29.2 Å². The SMILES string of the molecule is O=C(c1cc(=O)c2ccccc2o1)N1CCOC12CCCCC2. The number of ether oxygens (including phenoxy) is 1. The first-order valence-electron chi connectivity index (χ1n) is 8.18. The van der Waals surface area contributed by atoms with Gasteiger partial charge in [-0.2, -0.15) is 0 Å². The number of benzene rings is 1. The monoisotopic (exact) mass is 313 g/mol. The Bertz CT molecular complexity index is 804. The van der Waals surface area contributed by atoms with Gasteiger partial charge in [0.2, 0.25) is 0 Å². The fourth-order valence-corrected chi connectivity index (χ4v) is 3.76. The summed E-state index contributed by atoms with van der Waals surface area (Å²) >= 11 is 0. The third-order valence-corrected chi connectivity index (χ3v) is 4.90. The average Bonchev–Trinajstić information content (AvgIpc) is 2.97. The number of fused-ring (bicyclic) bond motifs is 1. The Hall–Kier alpha value is -2.14. The quantitative estimate of drug-likeness (QED) is 0.812. The molecule has 5 heteroatoms. The summed E-state index contributed by atoms with van der Waals surface area (Å²) in [5.74, 6) is -0.142. The topological polar surface area (TPSA) is 59.8 Å². The van der Waals surface area contributed by atoms with Crippen LogP contribution in [0.2, 0.25) is 0 Å². The van der Waals surface area contributed by atoms with E-state index >= 15 is 0 Å². The number of para-hydroxylation sites is 1. The van der Waals surface area contributed by atoms with Crippen LogP contribution in [0, 0.1) is 0 Å². The second-order valence-corrected chi connectivity index (χ2v) is 6.28. The maximum Gasteiger partial charge on any atom is 0.292 e. The van der Waals surface area contributed by atoms with E-state index in [9.17, 15) is 9.59 Å². The molecule has 0 atom stereocenters. The van der Waals surface area contributed by atoms with Crippen molar-refractivity contribution in [3.05, 3.63) is 46.3 Å². The highest BCUT2D eigenvalue weighted by atomic mass is 16.5. The normalized spacial score (nSPS) is 20.3. The Morgan fingerprint density at radius 3 is 2.74 bits per heavy atom. The summed E-state index contributed by atoms with van der Waals surface area (Å²) in [6, 6.07) is 8.30. The molecule has 1 saturated carbocycles. The van der Waals surface area contributed by atoms with Crippen LogP contribution < -0.4 is 5.43 Å². The molecular weight excluding hydrogens is 294 g/mol. The standard InChI is InChI=1S/C18H19NO4/c20-14-12-16(23-15-7-3-2-6-13(14)15)17(21)19-10-11-22-18(19)8-4-1-5-9-18/h2-3,6-7,12H,1,4-5,8-11H2. The van der Waals surface area contributed by atoms with Gasteiger partial charge in [0.05, 0.1) is 12.0 Å². The Labute approximate surface area is 133 Å². The summed E-state index contributed by atoms with van der Waals surface area (Å²) in [6.45, 7) is 1.10. The summed E-state index contributed by atoms with van der Waals surface area (Å²) in [5.41, 5.74) is -0.242. The van der Waals surface area contributed by atoms with E-state index in [1.807, 2.05) is 0 Å². The predicted octanol–water partition coefficient (Wildman–Crippen LogP) is 2.93. The third kappa shape index (κ3) is 2.36. The summed E-state index contributed by atoms with van der Waals surface area (Å²) < 4.78 is 11.6. The van der Waals surface area contributed by atoms with E-state index in [-0.39, 0.29) is 17.1 Å². The molecule has 2 aliphatic rings. The molecule has 0 radical (unpaired) electrons. The predicted molar refractivity (Wildman–Crippen MR) is 85.3 cm³/mol. The third-order valence-electron chi connectivity index (χ3n) is 4.90. The van der Waals surface area contributed by atoms with Crippen LogP contribution in [-0.4, -0.2) is 29.7 Å². The Kier molecular flexibility index (Phi) is 3.45. The number of nitrogens with zero attached hydrogens (tertiary/aromatic N) is 1. The summed E-state index contributed by atoms with van der Waals surface area (Å²) in [7, 11) is 0. The van der Waals surface area contributed by atoms with Crippen LogP contribution in [0.25, 0.3) is 11.0 Å². The molecule has 2 heterocycles. The molecule has 1 spiro atoms. The van der Waals surface area contributed by atoms with Gasteiger partial charge in [0.15, 0.2) is 11.2 Å². The molecule has 2 fully saturated rings. The first-order valence-corrected chi connectivity index (χ1v) is 8.18. The molecule has 23 heavy (non-hydrogen) atoms. The van der Waals surface area contributed by atoms with Crippen molar-refractivity contribution in [2.45, 2.75) is 37.8 Å². The van der Waals surface area contributed by atoms with Crippen molar-refractivity contribution < 1.29 is 13.9 Å². The van der Waals surface area contributed by atoms with Crippen molar-refractivity contribution in [2.24, 2.45) is 0 Å². The van der Waals surface area contributed by atoms with E-state index in [2.05, 4.69) is 0 Å². The van der Waals surface area contributed by atoms with Crippen LogP contribution in [-0.2, 0) is 4.74 Å². The molecule has 1 amide bonds. The van der Waals surface area contributed by atoms with Crippen LogP contribution in [0.1, 0.15) is 42.7 Å². The fraction of sp³-hybridized carbons (Fsp3) is 0.444. The number of carbonyl (C=O) groups excluding carboxylic acids is 1. The summed E-state index contributed by atoms with van der Waals surface area (Å²) in [6.07, 6.45) is 5.02. The van der Waals surface area contributed by atoms with Crippen molar-refractivity contribution in [2.75, 3.05) is 13.2 Å². The first-order chi connectivity index (χ1) is 11.2. The molecule has 120 valence electrons. The average molecular weight is 313 g/mol. The Morgan fingerprint density at radius 1 is 1.13 bits per heavy atom. The zero-order valence-corrected chi connectivity index (χ0v) is 12.9. The van der Waals surface area contributed by atoms with Gasteiger partial charge in [0, 0.05) is 12.6 Å². The van der Waals surface area contributed by atoms with Gasteiger partial charge in [-0.15, -0.1) is 0 Å². The highest BCUT2D eigenvalue weighted by Gasteiger charge is 2.46. The zero-order chi connectivity index (χ0) is 15.9. The zero-order valence-electron chi connectivity index (χ0n) is 12.9. The van der Waals surface area contributed by atoms with Crippen molar-refractivity contribution in [1.82, 2.24) is 4.90 Å². The number of hydrogen-bond donors (Lipinski definition) is 0. The van der Waals surface area contributed by atoms with E-state index in [0.717, 1.165) is 25.7 Å². The maximum absolute atomic E-state index is 12.9. The molecule has 5 nitrogen and oxygen atoms in total. The molecule has 0 unspecified atom stereocenters. The Morgan fingerprint density at radius 2 is 1.91 bits per heavy atom. The van der Waals surface area contributed by atoms with E-state index in [4.69, 9.17) is 9.15 Å². The molecule has 1 aliphatic carbocycles. The van der Waals surface area contributed by atoms with Crippen LogP contribution in [0.15, 0.2) is 39.5 Å². The molecule has 0 bridgehead atoms. The van der Waals surface area contributed by atoms with E-state index in [0.29, 0.717) is 24.1 Å². The van der Waals surface area contributed by atoms with Gasteiger partial charge >= 0.3 is 0 Å². The fourth-order valence-electron chi connectivity index (χ4n) is 3.76. The van der Waals surface area contributed by atoms with Crippen molar-refractivity contribution in [1.29, 1.82) is 0 Å². The summed E-state index contributed by atoms with van der Waals surface area (Å²) in [4.78, 5) is 26.9. The number of hydrogen-bond acceptors (Lipinski definition) is 4. The molecule has 1 aromatic heterocycles. The van der Waals surface area contributed by atoms with Gasteiger partial charge < -0.3 is 14.1 Å². The van der Waals surface area contributed by atoms with Crippen LogP contribution >= 0.6 is 0 Å². The van der Waals surface area contributed by atoms with Crippen molar-refractivity contribution in [3.63, 3.8) is 0 Å². The molecule has 2 aromatic rings. The second-order valence-electron chi connectivity index (χ2n) is 6.28. The lowest BCUT2D eigenvalue weighted by Gasteiger charge is -2.39. The van der Waals surface area contributed by atoms with Gasteiger partial charge in [0.1, 0.15) is 11.3 Å². The summed E-state index contributed by atoms with van der Waals surface area (Å²) in [5, 5.41) is 0.495. The molecule has 4 rings (SSSR count). The van der Waals surface area contributed by atoms with Gasteiger partial charge in [-0.05, 0) is 37.8 Å². The minimum absolute atomic E-state index is 0.101. The van der Waals surface area contributed by atoms with E-state index < -0.39 is 5.72 Å². The number of rotatable bonds is 1. The Balaban J connectivity index is 1.72. The first kappa shape index (κ1) is 14.5. The number of amides is 1. The van der Waals surface area contributed by atoms with Gasteiger partial charge in [-0.25, -0.2) is 0 Å². The molecule has 0 N–H and O–H groups in total. The van der Waals surface area contributed by atoms with Crippen molar-refractivity contribution in [3.8, 4) is 0 Å². The lowest BCUT2D eigenvalue weighted by molar-refractivity contribution is -0.0925. The minimum Gasteiger partial charge on any atom is -0.451 e. The number of carbonyl (C=O) groups is 1. The van der Waals surface area contributed by atoms with Crippen LogP contribution in [0.5, 0.6) is 0 Å². The van der Waals surface area contributed by atoms with Crippen molar-refractivity contribution >= 4 is 16.9 Å². The highest BCUT2D eigenvalue weighted by Crippen LogP contribution is 2.38.